The van der Waals surface area contributed by atoms with E-state index in [0.29, 0.717) is 11.8 Å². The van der Waals surface area contributed by atoms with Gasteiger partial charge in [-0.05, 0) is 139 Å². The third kappa shape index (κ3) is 5.37. The smallest absolute Gasteiger partial charge is 0.115 e. The fraction of sp³-hybridized carbons (Fsp3) is 0.385. The molecule has 2 aliphatic carbocycles. The van der Waals surface area contributed by atoms with Gasteiger partial charge in [-0.2, -0.15) is 0 Å². The molecule has 6 rings (SSSR count). The van der Waals surface area contributed by atoms with Crippen molar-refractivity contribution in [2.45, 2.75) is 76.0 Å². The van der Waals surface area contributed by atoms with Crippen molar-refractivity contribution in [2.24, 2.45) is 17.3 Å². The van der Waals surface area contributed by atoms with E-state index in [1.807, 2.05) is 0 Å². The summed E-state index contributed by atoms with van der Waals surface area (Å²) in [6.45, 7) is 4.98. The molecule has 2 aliphatic rings. The summed E-state index contributed by atoms with van der Waals surface area (Å²) in [6.07, 6.45) is 8.67. The molecule has 0 atom stereocenters. The molecular weight excluding hydrogens is 532 g/mol. The largest absolute Gasteiger partial charge is 0.508 e. The van der Waals surface area contributed by atoms with Crippen LogP contribution in [0.25, 0.3) is 0 Å². The Bertz CT molecular complexity index is 1290. The molecule has 0 radical (unpaired) electrons. The van der Waals surface area contributed by atoms with Crippen LogP contribution in [0.4, 0.5) is 0 Å². The maximum absolute atomic E-state index is 9.99. The first-order valence-electron chi connectivity index (χ1n) is 15.8. The van der Waals surface area contributed by atoms with Crippen LogP contribution in [0.2, 0.25) is 0 Å². The van der Waals surface area contributed by atoms with Crippen molar-refractivity contribution in [2.75, 3.05) is 0 Å². The number of rotatable bonds is 6. The standard InChI is InChI=1S/C39H44O4/c1-37(2,27-19-23-38(24-20-27,29-3-11-33(40)12-4-29)30-5-13-34(41)14-6-30)28-21-25-39(26-22-28,31-7-15-35(42)16-8-31)32-9-17-36(43)18-10-32/h3-18,27-28,40-43H,19-26H2,1-2H3. The lowest BCUT2D eigenvalue weighted by Gasteiger charge is -2.51. The number of benzene rings is 4. The molecule has 0 unspecified atom stereocenters. The highest BCUT2D eigenvalue weighted by Crippen LogP contribution is 2.57. The fourth-order valence-corrected chi connectivity index (χ4v) is 8.65. The Morgan fingerprint density at radius 3 is 0.837 bits per heavy atom. The first kappa shape index (κ1) is 29.2. The normalized spacial score (nSPS) is 19.2. The molecule has 4 aromatic rings. The number of phenolic OH excluding ortho intramolecular Hbond substituents is 4. The van der Waals surface area contributed by atoms with Crippen LogP contribution in [0, 0.1) is 17.3 Å². The van der Waals surface area contributed by atoms with Crippen molar-refractivity contribution >= 4 is 0 Å². The summed E-state index contributed by atoms with van der Waals surface area (Å²) < 4.78 is 0. The Balaban J connectivity index is 1.23. The molecule has 0 saturated heterocycles. The predicted molar refractivity (Wildman–Crippen MR) is 172 cm³/mol. The summed E-state index contributed by atoms with van der Waals surface area (Å²) in [5, 5.41) is 40.0. The number of aromatic hydroxyl groups is 4. The minimum atomic E-state index is -0.132. The van der Waals surface area contributed by atoms with Gasteiger partial charge in [-0.1, -0.05) is 62.4 Å². The molecule has 4 aromatic carbocycles. The molecule has 4 N–H and O–H groups in total. The van der Waals surface area contributed by atoms with Gasteiger partial charge in [-0.25, -0.2) is 0 Å². The summed E-state index contributed by atoms with van der Waals surface area (Å²) in [7, 11) is 0. The van der Waals surface area contributed by atoms with E-state index in [-0.39, 0.29) is 39.2 Å². The first-order valence-corrected chi connectivity index (χ1v) is 15.8. The SMILES string of the molecule is CC(C)(C1CCC(c2ccc(O)cc2)(c2ccc(O)cc2)CC1)C1CCC(c2ccc(O)cc2)(c2ccc(O)cc2)CC1. The lowest BCUT2D eigenvalue weighted by atomic mass is 9.53. The predicted octanol–water partition coefficient (Wildman–Crippen LogP) is 9.19. The first-order chi connectivity index (χ1) is 20.6. The molecule has 4 heteroatoms. The Kier molecular flexibility index (Phi) is 7.66. The highest BCUT2D eigenvalue weighted by atomic mass is 16.3. The van der Waals surface area contributed by atoms with Gasteiger partial charge in [0.05, 0.1) is 0 Å². The van der Waals surface area contributed by atoms with Gasteiger partial charge >= 0.3 is 0 Å². The van der Waals surface area contributed by atoms with Gasteiger partial charge in [0.1, 0.15) is 23.0 Å². The van der Waals surface area contributed by atoms with Crippen LogP contribution in [0.15, 0.2) is 97.1 Å². The van der Waals surface area contributed by atoms with Gasteiger partial charge in [0, 0.05) is 10.8 Å². The zero-order chi connectivity index (χ0) is 30.2. The van der Waals surface area contributed by atoms with Gasteiger partial charge in [-0.3, -0.25) is 0 Å². The van der Waals surface area contributed by atoms with E-state index in [1.165, 1.54) is 22.3 Å². The quantitative estimate of drug-likeness (QED) is 0.184. The van der Waals surface area contributed by atoms with E-state index in [4.69, 9.17) is 0 Å². The Morgan fingerprint density at radius 2 is 0.628 bits per heavy atom. The molecule has 224 valence electrons. The van der Waals surface area contributed by atoms with Crippen molar-refractivity contribution in [1.82, 2.24) is 0 Å². The average Bonchev–Trinajstić information content (AvgIpc) is 3.02. The summed E-state index contributed by atoms with van der Waals surface area (Å²) >= 11 is 0. The minimum absolute atomic E-state index is 0.132. The zero-order valence-corrected chi connectivity index (χ0v) is 25.3. The highest BCUT2D eigenvalue weighted by Gasteiger charge is 2.48. The second-order valence-corrected chi connectivity index (χ2v) is 13.7. The second-order valence-electron chi connectivity index (χ2n) is 13.7. The highest BCUT2D eigenvalue weighted by molar-refractivity contribution is 5.45. The maximum atomic E-state index is 9.99. The monoisotopic (exact) mass is 576 g/mol. The topological polar surface area (TPSA) is 80.9 Å². The lowest BCUT2D eigenvalue weighted by Crippen LogP contribution is -2.43. The van der Waals surface area contributed by atoms with Gasteiger partial charge in [0.15, 0.2) is 0 Å². The molecule has 0 aliphatic heterocycles. The third-order valence-corrected chi connectivity index (χ3v) is 11.5. The van der Waals surface area contributed by atoms with Crippen molar-refractivity contribution in [1.29, 1.82) is 0 Å². The molecule has 0 bridgehead atoms. The van der Waals surface area contributed by atoms with E-state index in [1.54, 1.807) is 48.5 Å². The van der Waals surface area contributed by atoms with Crippen LogP contribution < -0.4 is 0 Å². The molecule has 2 saturated carbocycles. The number of hydrogen-bond acceptors (Lipinski definition) is 4. The minimum Gasteiger partial charge on any atom is -0.508 e. The molecule has 43 heavy (non-hydrogen) atoms. The maximum Gasteiger partial charge on any atom is 0.115 e. The van der Waals surface area contributed by atoms with Crippen molar-refractivity contribution < 1.29 is 20.4 Å². The lowest BCUT2D eigenvalue weighted by molar-refractivity contribution is 0.0364. The van der Waals surface area contributed by atoms with E-state index < -0.39 is 0 Å². The summed E-state index contributed by atoms with van der Waals surface area (Å²) in [5.41, 5.74) is 4.86. The van der Waals surface area contributed by atoms with Crippen LogP contribution in [-0.4, -0.2) is 20.4 Å². The van der Waals surface area contributed by atoms with Crippen molar-refractivity contribution in [3.63, 3.8) is 0 Å². The summed E-state index contributed by atoms with van der Waals surface area (Å²) in [4.78, 5) is 0. The summed E-state index contributed by atoms with van der Waals surface area (Å²) in [5.74, 6) is 2.35. The molecule has 0 spiro atoms. The van der Waals surface area contributed by atoms with E-state index in [9.17, 15) is 20.4 Å². The molecule has 0 amide bonds. The Morgan fingerprint density at radius 1 is 0.419 bits per heavy atom. The van der Waals surface area contributed by atoms with Gasteiger partial charge in [0.2, 0.25) is 0 Å². The van der Waals surface area contributed by atoms with Crippen LogP contribution in [-0.2, 0) is 10.8 Å². The fourth-order valence-electron chi connectivity index (χ4n) is 8.65. The average molecular weight is 577 g/mol. The van der Waals surface area contributed by atoms with Gasteiger partial charge in [-0.15, -0.1) is 0 Å². The van der Waals surface area contributed by atoms with E-state index in [0.717, 1.165) is 51.4 Å². The molecule has 4 nitrogen and oxygen atoms in total. The molecular formula is C39H44O4. The van der Waals surface area contributed by atoms with Crippen LogP contribution in [0.5, 0.6) is 23.0 Å². The van der Waals surface area contributed by atoms with Crippen LogP contribution >= 0.6 is 0 Å². The molecule has 0 heterocycles. The Labute approximate surface area is 255 Å². The van der Waals surface area contributed by atoms with Crippen LogP contribution in [0.1, 0.15) is 87.5 Å². The van der Waals surface area contributed by atoms with Gasteiger partial charge < -0.3 is 20.4 Å². The Hall–Kier alpha value is -3.92. The molecule has 2 fully saturated rings. The third-order valence-electron chi connectivity index (χ3n) is 11.5. The van der Waals surface area contributed by atoms with Crippen molar-refractivity contribution in [3.05, 3.63) is 119 Å². The second kappa shape index (κ2) is 11.3. The van der Waals surface area contributed by atoms with E-state index >= 15 is 0 Å². The molecule has 0 aromatic heterocycles. The van der Waals surface area contributed by atoms with Crippen molar-refractivity contribution in [3.8, 4) is 23.0 Å². The number of hydrogen-bond donors (Lipinski definition) is 4. The van der Waals surface area contributed by atoms with Crippen LogP contribution in [0.3, 0.4) is 0 Å². The summed E-state index contributed by atoms with van der Waals surface area (Å²) in [6, 6.07) is 30.9. The van der Waals surface area contributed by atoms with E-state index in [2.05, 4.69) is 62.4 Å². The number of phenols is 4. The van der Waals surface area contributed by atoms with Gasteiger partial charge in [0.25, 0.3) is 0 Å². The zero-order valence-electron chi connectivity index (χ0n) is 25.3.